The lowest BCUT2D eigenvalue weighted by molar-refractivity contribution is 0.112. The largest absolute Gasteiger partial charge is 0.298 e. The molecule has 2 rings (SSSR count). The Morgan fingerprint density at radius 2 is 2.00 bits per heavy atom. The molecule has 0 unspecified atom stereocenters. The molecule has 0 saturated heterocycles. The highest BCUT2D eigenvalue weighted by molar-refractivity contribution is 5.85. The molecule has 0 amide bonds. The second kappa shape index (κ2) is 4.95. The van der Waals surface area contributed by atoms with Crippen molar-refractivity contribution in [2.24, 2.45) is 0 Å². The zero-order chi connectivity index (χ0) is 12.3. The van der Waals surface area contributed by atoms with E-state index in [2.05, 4.69) is 12.0 Å². The van der Waals surface area contributed by atoms with Crippen LogP contribution in [-0.2, 0) is 6.54 Å². The summed E-state index contributed by atoms with van der Waals surface area (Å²) in [5, 5.41) is 4.46. The first kappa shape index (κ1) is 11.6. The first-order valence-corrected chi connectivity index (χ1v) is 5.84. The molecular weight excluding hydrogens is 212 g/mol. The van der Waals surface area contributed by atoms with Gasteiger partial charge in [0.05, 0.1) is 5.56 Å². The fraction of sp³-hybridized carbons (Fsp3) is 0.286. The third-order valence-electron chi connectivity index (χ3n) is 2.69. The number of aromatic nitrogens is 2. The first-order valence-electron chi connectivity index (χ1n) is 5.84. The number of benzene rings is 1. The maximum atomic E-state index is 11.0. The summed E-state index contributed by atoms with van der Waals surface area (Å²) in [5.74, 6) is 0. The van der Waals surface area contributed by atoms with Crippen LogP contribution < -0.4 is 0 Å². The zero-order valence-corrected chi connectivity index (χ0v) is 10.2. The molecule has 0 aliphatic rings. The lowest BCUT2D eigenvalue weighted by Gasteiger charge is -1.99. The van der Waals surface area contributed by atoms with Gasteiger partial charge in [0.2, 0.25) is 0 Å². The smallest absolute Gasteiger partial charge is 0.153 e. The van der Waals surface area contributed by atoms with Gasteiger partial charge in [0.1, 0.15) is 5.69 Å². The van der Waals surface area contributed by atoms with Crippen molar-refractivity contribution in [1.29, 1.82) is 0 Å². The van der Waals surface area contributed by atoms with Crippen LogP contribution in [0.25, 0.3) is 11.3 Å². The topological polar surface area (TPSA) is 34.9 Å². The molecule has 1 aromatic carbocycles. The Labute approximate surface area is 101 Å². The van der Waals surface area contributed by atoms with E-state index in [0.717, 1.165) is 30.5 Å². The van der Waals surface area contributed by atoms with Crippen LogP contribution in [0.15, 0.2) is 30.5 Å². The average molecular weight is 228 g/mol. The fourth-order valence-electron chi connectivity index (χ4n) is 1.80. The average Bonchev–Trinajstić information content (AvgIpc) is 2.74. The molecule has 0 N–H and O–H groups in total. The number of carbonyl (C=O) groups is 1. The van der Waals surface area contributed by atoms with Gasteiger partial charge in [0, 0.05) is 18.3 Å². The van der Waals surface area contributed by atoms with Crippen molar-refractivity contribution in [2.45, 2.75) is 26.8 Å². The molecule has 0 radical (unpaired) electrons. The van der Waals surface area contributed by atoms with Crippen molar-refractivity contribution in [3.8, 4) is 11.3 Å². The predicted octanol–water partition coefficient (Wildman–Crippen LogP) is 3.08. The second-order valence-corrected chi connectivity index (χ2v) is 4.18. The van der Waals surface area contributed by atoms with Gasteiger partial charge < -0.3 is 0 Å². The molecule has 0 saturated carbocycles. The van der Waals surface area contributed by atoms with Gasteiger partial charge in [0.15, 0.2) is 6.29 Å². The molecule has 0 aliphatic heterocycles. The Morgan fingerprint density at radius 1 is 1.29 bits per heavy atom. The zero-order valence-electron chi connectivity index (χ0n) is 10.2. The maximum absolute atomic E-state index is 11.0. The minimum atomic E-state index is 0.655. The van der Waals surface area contributed by atoms with Gasteiger partial charge in [-0.15, -0.1) is 0 Å². The van der Waals surface area contributed by atoms with Crippen LogP contribution in [0.1, 0.15) is 29.3 Å². The van der Waals surface area contributed by atoms with E-state index in [4.69, 9.17) is 0 Å². The number of rotatable bonds is 4. The van der Waals surface area contributed by atoms with Crippen LogP contribution in [-0.4, -0.2) is 16.1 Å². The summed E-state index contributed by atoms with van der Waals surface area (Å²) in [5.41, 5.74) is 3.62. The summed E-state index contributed by atoms with van der Waals surface area (Å²) in [6, 6.07) is 8.06. The summed E-state index contributed by atoms with van der Waals surface area (Å²) in [6.45, 7) is 4.97. The lowest BCUT2D eigenvalue weighted by atomic mass is 10.1. The molecule has 1 heterocycles. The third kappa shape index (κ3) is 2.44. The minimum Gasteiger partial charge on any atom is -0.298 e. The van der Waals surface area contributed by atoms with E-state index in [1.807, 2.05) is 42.1 Å². The summed E-state index contributed by atoms with van der Waals surface area (Å²) in [7, 11) is 0. The van der Waals surface area contributed by atoms with Gasteiger partial charge in [-0.2, -0.15) is 5.10 Å². The number of carbonyl (C=O) groups excluding carboxylic acids is 1. The fourth-order valence-corrected chi connectivity index (χ4v) is 1.80. The third-order valence-corrected chi connectivity index (χ3v) is 2.69. The van der Waals surface area contributed by atoms with Gasteiger partial charge in [-0.05, 0) is 13.3 Å². The molecule has 0 fully saturated rings. The van der Waals surface area contributed by atoms with Crippen molar-refractivity contribution in [1.82, 2.24) is 9.78 Å². The van der Waals surface area contributed by atoms with Gasteiger partial charge in [-0.1, -0.05) is 36.8 Å². The highest BCUT2D eigenvalue weighted by Gasteiger charge is 2.09. The van der Waals surface area contributed by atoms with Crippen molar-refractivity contribution < 1.29 is 4.79 Å². The van der Waals surface area contributed by atoms with Crippen LogP contribution in [0.3, 0.4) is 0 Å². The molecular formula is C14H16N2O. The quantitative estimate of drug-likeness (QED) is 0.754. The number of aryl methyl sites for hydroxylation is 2. The summed E-state index contributed by atoms with van der Waals surface area (Å²) >= 11 is 0. The highest BCUT2D eigenvalue weighted by Crippen LogP contribution is 2.21. The maximum Gasteiger partial charge on any atom is 0.153 e. The van der Waals surface area contributed by atoms with Gasteiger partial charge in [0.25, 0.3) is 0 Å². The Kier molecular flexibility index (Phi) is 3.38. The van der Waals surface area contributed by atoms with E-state index >= 15 is 0 Å². The molecule has 88 valence electrons. The summed E-state index contributed by atoms with van der Waals surface area (Å²) < 4.78 is 1.83. The standard InChI is InChI=1S/C14H16N2O/c1-3-8-16-9-13(10-17)14(15-16)12-6-4-11(2)5-7-12/h4-7,9-10H,3,8H2,1-2H3. The number of hydrogen-bond donors (Lipinski definition) is 0. The first-order chi connectivity index (χ1) is 8.24. The Balaban J connectivity index is 2.42. The summed E-state index contributed by atoms with van der Waals surface area (Å²) in [6.07, 6.45) is 3.69. The second-order valence-electron chi connectivity index (χ2n) is 4.18. The van der Waals surface area contributed by atoms with Crippen molar-refractivity contribution >= 4 is 6.29 Å². The molecule has 0 atom stereocenters. The van der Waals surface area contributed by atoms with Crippen molar-refractivity contribution in [2.75, 3.05) is 0 Å². The van der Waals surface area contributed by atoms with Crippen molar-refractivity contribution in [3.63, 3.8) is 0 Å². The minimum absolute atomic E-state index is 0.655. The Hall–Kier alpha value is -1.90. The molecule has 0 bridgehead atoms. The van der Waals surface area contributed by atoms with Crippen molar-refractivity contribution in [3.05, 3.63) is 41.6 Å². The Morgan fingerprint density at radius 3 is 2.59 bits per heavy atom. The van der Waals surface area contributed by atoms with E-state index in [-0.39, 0.29) is 0 Å². The Bertz CT molecular complexity index is 512. The van der Waals surface area contributed by atoms with Crippen LogP contribution in [0, 0.1) is 6.92 Å². The van der Waals surface area contributed by atoms with Gasteiger partial charge >= 0.3 is 0 Å². The number of aldehydes is 1. The lowest BCUT2D eigenvalue weighted by Crippen LogP contribution is -1.96. The number of hydrogen-bond acceptors (Lipinski definition) is 2. The monoisotopic (exact) mass is 228 g/mol. The van der Waals surface area contributed by atoms with Crippen LogP contribution >= 0.6 is 0 Å². The van der Waals surface area contributed by atoms with E-state index in [1.54, 1.807) is 0 Å². The molecule has 3 nitrogen and oxygen atoms in total. The van der Waals surface area contributed by atoms with E-state index < -0.39 is 0 Å². The highest BCUT2D eigenvalue weighted by atomic mass is 16.1. The molecule has 1 aromatic heterocycles. The van der Waals surface area contributed by atoms with E-state index in [1.165, 1.54) is 5.56 Å². The van der Waals surface area contributed by atoms with Crippen LogP contribution in [0.2, 0.25) is 0 Å². The molecule has 3 heteroatoms. The van der Waals surface area contributed by atoms with Crippen LogP contribution in [0.4, 0.5) is 0 Å². The van der Waals surface area contributed by atoms with E-state index in [9.17, 15) is 4.79 Å². The molecule has 2 aromatic rings. The van der Waals surface area contributed by atoms with Gasteiger partial charge in [-0.25, -0.2) is 0 Å². The predicted molar refractivity (Wildman–Crippen MR) is 68.1 cm³/mol. The molecule has 0 spiro atoms. The molecule has 0 aliphatic carbocycles. The van der Waals surface area contributed by atoms with E-state index in [0.29, 0.717) is 5.56 Å². The normalized spacial score (nSPS) is 10.5. The molecule has 17 heavy (non-hydrogen) atoms. The van der Waals surface area contributed by atoms with Gasteiger partial charge in [-0.3, -0.25) is 9.48 Å². The van der Waals surface area contributed by atoms with Crippen LogP contribution in [0.5, 0.6) is 0 Å². The summed E-state index contributed by atoms with van der Waals surface area (Å²) in [4.78, 5) is 11.0. The number of nitrogens with zero attached hydrogens (tertiary/aromatic N) is 2. The SMILES string of the molecule is CCCn1cc(C=O)c(-c2ccc(C)cc2)n1.